The highest BCUT2D eigenvalue weighted by Gasteiger charge is 2.15. The molecule has 0 aliphatic heterocycles. The average Bonchev–Trinajstić information content (AvgIpc) is 2.26. The molecule has 106 valence electrons. The second kappa shape index (κ2) is 7.09. The Morgan fingerprint density at radius 3 is 2.58 bits per heavy atom. The maximum absolute atomic E-state index is 13.2. The minimum atomic E-state index is -0.392. The van der Waals surface area contributed by atoms with Gasteiger partial charge in [0, 0.05) is 18.3 Å². The number of nitrogens with one attached hydrogen (secondary N) is 2. The number of carbonyl (C=O) groups excluding carboxylic acids is 1. The Morgan fingerprint density at radius 1 is 1.37 bits per heavy atom. The summed E-state index contributed by atoms with van der Waals surface area (Å²) in [6, 6.07) is 3.85. The van der Waals surface area contributed by atoms with Crippen molar-refractivity contribution in [2.45, 2.75) is 33.2 Å². The minimum Gasteiger partial charge on any atom is -0.396 e. The summed E-state index contributed by atoms with van der Waals surface area (Å²) < 4.78 is 13.2. The van der Waals surface area contributed by atoms with Crippen LogP contribution in [0.3, 0.4) is 0 Å². The first-order valence-electron chi connectivity index (χ1n) is 6.38. The fourth-order valence-corrected chi connectivity index (χ4v) is 1.86. The van der Waals surface area contributed by atoms with Crippen molar-refractivity contribution in [1.82, 2.24) is 5.32 Å². The highest BCUT2D eigenvalue weighted by Crippen LogP contribution is 2.13. The fourth-order valence-electron chi connectivity index (χ4n) is 1.86. The Kier molecular flexibility index (Phi) is 5.76. The van der Waals surface area contributed by atoms with Gasteiger partial charge in [-0.1, -0.05) is 13.8 Å². The molecule has 0 saturated heterocycles. The van der Waals surface area contributed by atoms with E-state index in [1.165, 1.54) is 12.1 Å². The third-order valence-corrected chi connectivity index (χ3v) is 2.86. The monoisotopic (exact) mass is 268 g/mol. The zero-order valence-corrected chi connectivity index (χ0v) is 11.5. The van der Waals surface area contributed by atoms with Crippen LogP contribution in [0.4, 0.5) is 14.9 Å². The van der Waals surface area contributed by atoms with Crippen LogP contribution in [0.2, 0.25) is 0 Å². The quantitative estimate of drug-likeness (QED) is 0.769. The highest BCUT2D eigenvalue weighted by atomic mass is 19.1. The Bertz CT molecular complexity index is 415. The SMILES string of the molecule is Cc1cc(F)cc(NC(=O)NC(CCO)C(C)C)c1. The van der Waals surface area contributed by atoms with Gasteiger partial charge in [0.2, 0.25) is 0 Å². The van der Waals surface area contributed by atoms with E-state index in [2.05, 4.69) is 10.6 Å². The smallest absolute Gasteiger partial charge is 0.319 e. The predicted octanol–water partition coefficient (Wildman–Crippen LogP) is 2.66. The van der Waals surface area contributed by atoms with Crippen molar-refractivity contribution >= 4 is 11.7 Å². The molecule has 0 radical (unpaired) electrons. The van der Waals surface area contributed by atoms with E-state index in [1.54, 1.807) is 13.0 Å². The number of carbonyl (C=O) groups is 1. The molecule has 0 fully saturated rings. The molecule has 4 nitrogen and oxygen atoms in total. The largest absolute Gasteiger partial charge is 0.396 e. The standard InChI is InChI=1S/C14H21FN2O2/c1-9(2)13(4-5-18)17-14(19)16-12-7-10(3)6-11(15)8-12/h6-9,13,18H,4-5H2,1-3H3,(H2,16,17,19). The van der Waals surface area contributed by atoms with E-state index in [-0.39, 0.29) is 24.4 Å². The molecule has 0 aliphatic rings. The van der Waals surface area contributed by atoms with E-state index in [4.69, 9.17) is 5.11 Å². The Hall–Kier alpha value is -1.62. The van der Waals surface area contributed by atoms with Gasteiger partial charge in [0.15, 0.2) is 0 Å². The number of hydrogen-bond donors (Lipinski definition) is 3. The van der Waals surface area contributed by atoms with Gasteiger partial charge in [-0.25, -0.2) is 9.18 Å². The van der Waals surface area contributed by atoms with Gasteiger partial charge in [-0.3, -0.25) is 0 Å². The van der Waals surface area contributed by atoms with Crippen LogP contribution in [-0.2, 0) is 0 Å². The van der Waals surface area contributed by atoms with Crippen molar-refractivity contribution in [3.63, 3.8) is 0 Å². The fraction of sp³-hybridized carbons (Fsp3) is 0.500. The number of hydrogen-bond acceptors (Lipinski definition) is 2. The van der Waals surface area contributed by atoms with Crippen LogP contribution in [-0.4, -0.2) is 23.8 Å². The van der Waals surface area contributed by atoms with Crippen LogP contribution in [0.1, 0.15) is 25.8 Å². The first kappa shape index (κ1) is 15.4. The number of aliphatic hydroxyl groups is 1. The average molecular weight is 268 g/mol. The van der Waals surface area contributed by atoms with Gasteiger partial charge in [-0.05, 0) is 43.0 Å². The maximum atomic E-state index is 13.2. The maximum Gasteiger partial charge on any atom is 0.319 e. The molecule has 3 N–H and O–H groups in total. The molecule has 1 atom stereocenters. The number of benzene rings is 1. The number of aryl methyl sites for hydroxylation is 1. The van der Waals surface area contributed by atoms with Crippen LogP contribution < -0.4 is 10.6 Å². The summed E-state index contributed by atoms with van der Waals surface area (Å²) in [6.07, 6.45) is 0.493. The summed E-state index contributed by atoms with van der Waals surface area (Å²) in [4.78, 5) is 11.8. The molecule has 0 aliphatic carbocycles. The van der Waals surface area contributed by atoms with Gasteiger partial charge in [0.05, 0.1) is 0 Å². The summed E-state index contributed by atoms with van der Waals surface area (Å²) in [5.41, 5.74) is 1.16. The lowest BCUT2D eigenvalue weighted by molar-refractivity contribution is 0.227. The second-order valence-electron chi connectivity index (χ2n) is 4.98. The topological polar surface area (TPSA) is 61.4 Å². The molecular weight excluding hydrogens is 247 g/mol. The van der Waals surface area contributed by atoms with E-state index < -0.39 is 6.03 Å². The van der Waals surface area contributed by atoms with Gasteiger partial charge in [-0.2, -0.15) is 0 Å². The molecule has 5 heteroatoms. The summed E-state index contributed by atoms with van der Waals surface area (Å²) >= 11 is 0. The van der Waals surface area contributed by atoms with Crippen LogP contribution in [0.5, 0.6) is 0 Å². The number of urea groups is 1. The predicted molar refractivity (Wildman–Crippen MR) is 73.6 cm³/mol. The van der Waals surface area contributed by atoms with Gasteiger partial charge in [-0.15, -0.1) is 0 Å². The van der Waals surface area contributed by atoms with Crippen LogP contribution in [0.25, 0.3) is 0 Å². The van der Waals surface area contributed by atoms with Crippen molar-refractivity contribution in [3.8, 4) is 0 Å². The zero-order valence-electron chi connectivity index (χ0n) is 11.5. The second-order valence-corrected chi connectivity index (χ2v) is 4.98. The zero-order chi connectivity index (χ0) is 14.4. The number of rotatable bonds is 5. The Balaban J connectivity index is 2.63. The summed E-state index contributed by atoms with van der Waals surface area (Å²) in [6.45, 7) is 5.71. The number of halogens is 1. The summed E-state index contributed by atoms with van der Waals surface area (Å²) in [7, 11) is 0. The van der Waals surface area contributed by atoms with Gasteiger partial charge in [0.1, 0.15) is 5.82 Å². The van der Waals surface area contributed by atoms with Gasteiger partial charge < -0.3 is 15.7 Å². The molecule has 19 heavy (non-hydrogen) atoms. The molecule has 0 bridgehead atoms. The molecule has 0 heterocycles. The minimum absolute atomic E-state index is 0.0161. The first-order chi connectivity index (χ1) is 8.92. The van der Waals surface area contributed by atoms with E-state index >= 15 is 0 Å². The lowest BCUT2D eigenvalue weighted by Crippen LogP contribution is -2.41. The molecule has 1 aromatic rings. The number of anilines is 1. The Labute approximate surface area is 113 Å². The van der Waals surface area contributed by atoms with E-state index in [1.807, 2.05) is 13.8 Å². The number of aliphatic hydroxyl groups excluding tert-OH is 1. The van der Waals surface area contributed by atoms with Gasteiger partial charge >= 0.3 is 6.03 Å². The van der Waals surface area contributed by atoms with Crippen LogP contribution in [0.15, 0.2) is 18.2 Å². The van der Waals surface area contributed by atoms with Crippen molar-refractivity contribution in [2.24, 2.45) is 5.92 Å². The molecule has 0 aromatic heterocycles. The van der Waals surface area contributed by atoms with Gasteiger partial charge in [0.25, 0.3) is 0 Å². The summed E-state index contributed by atoms with van der Waals surface area (Å²) in [5.74, 6) is -0.168. The molecule has 1 rings (SSSR count). The van der Waals surface area contributed by atoms with E-state index in [0.717, 1.165) is 5.56 Å². The van der Waals surface area contributed by atoms with Crippen molar-refractivity contribution in [2.75, 3.05) is 11.9 Å². The molecule has 2 amide bonds. The third-order valence-electron chi connectivity index (χ3n) is 2.86. The Morgan fingerprint density at radius 2 is 2.05 bits per heavy atom. The molecular formula is C14H21FN2O2. The summed E-state index contributed by atoms with van der Waals surface area (Å²) in [5, 5.41) is 14.3. The number of amides is 2. The van der Waals surface area contributed by atoms with E-state index in [9.17, 15) is 9.18 Å². The van der Waals surface area contributed by atoms with E-state index in [0.29, 0.717) is 12.1 Å². The van der Waals surface area contributed by atoms with Crippen molar-refractivity contribution in [1.29, 1.82) is 0 Å². The molecule has 0 saturated carbocycles. The van der Waals surface area contributed by atoms with Crippen molar-refractivity contribution < 1.29 is 14.3 Å². The normalized spacial score (nSPS) is 12.3. The molecule has 0 spiro atoms. The van der Waals surface area contributed by atoms with Crippen LogP contribution >= 0.6 is 0 Å². The van der Waals surface area contributed by atoms with Crippen LogP contribution in [0, 0.1) is 18.7 Å². The van der Waals surface area contributed by atoms with Crippen molar-refractivity contribution in [3.05, 3.63) is 29.6 Å². The molecule has 1 unspecified atom stereocenters. The third kappa shape index (κ3) is 5.26. The highest BCUT2D eigenvalue weighted by molar-refractivity contribution is 5.89. The lowest BCUT2D eigenvalue weighted by Gasteiger charge is -2.21. The first-order valence-corrected chi connectivity index (χ1v) is 6.38. The lowest BCUT2D eigenvalue weighted by atomic mass is 10.0. The molecule has 1 aromatic carbocycles.